The Bertz CT molecular complexity index is 1050. The molecule has 0 spiro atoms. The molecular weight excluding hydrogens is 436 g/mol. The van der Waals surface area contributed by atoms with Crippen molar-refractivity contribution >= 4 is 17.4 Å². The lowest BCUT2D eigenvalue weighted by Crippen LogP contribution is -2.28. The molecule has 0 radical (unpaired) electrons. The minimum atomic E-state index is -0.496. The first kappa shape index (κ1) is 23.9. The number of cyclic esters (lactones) is 1. The summed E-state index contributed by atoms with van der Waals surface area (Å²) in [6.45, 7) is 7.91. The van der Waals surface area contributed by atoms with E-state index in [0.29, 0.717) is 23.9 Å². The number of esters is 1. The zero-order valence-electron chi connectivity index (χ0n) is 20.4. The molecule has 2 atom stereocenters. The van der Waals surface area contributed by atoms with Crippen molar-refractivity contribution in [1.29, 1.82) is 0 Å². The molecule has 4 rings (SSSR count). The first-order valence-electron chi connectivity index (χ1n) is 11.6. The fourth-order valence-corrected chi connectivity index (χ4v) is 4.68. The quantitative estimate of drug-likeness (QED) is 0.491. The van der Waals surface area contributed by atoms with Crippen LogP contribution in [0.5, 0.6) is 23.0 Å². The Morgan fingerprint density at radius 1 is 1.00 bits per heavy atom. The molecular formula is C26H32N2O6. The lowest BCUT2D eigenvalue weighted by molar-refractivity contribution is -0.141. The van der Waals surface area contributed by atoms with E-state index >= 15 is 0 Å². The van der Waals surface area contributed by atoms with Gasteiger partial charge in [-0.3, -0.25) is 9.79 Å². The average Bonchev–Trinajstić information content (AvgIpc) is 3.23. The molecule has 1 saturated heterocycles. The van der Waals surface area contributed by atoms with Gasteiger partial charge in [0.05, 0.1) is 32.7 Å². The Labute approximate surface area is 200 Å². The SMILES string of the molecule is CCN(CC)CCOc1ccc2c(c1)N=C1COC(=O)C1C2c1cc(OC)c(OC)c(OC)c1. The summed E-state index contributed by atoms with van der Waals surface area (Å²) in [6.07, 6.45) is 0. The number of benzene rings is 2. The van der Waals surface area contributed by atoms with E-state index in [1.54, 1.807) is 21.3 Å². The summed E-state index contributed by atoms with van der Waals surface area (Å²) in [5.74, 6) is 1.26. The summed E-state index contributed by atoms with van der Waals surface area (Å²) in [4.78, 5) is 19.8. The van der Waals surface area contributed by atoms with E-state index in [1.807, 2.05) is 30.3 Å². The van der Waals surface area contributed by atoms with E-state index in [1.165, 1.54) is 0 Å². The van der Waals surface area contributed by atoms with E-state index in [9.17, 15) is 4.79 Å². The maximum absolute atomic E-state index is 12.7. The molecule has 0 bridgehead atoms. The van der Waals surface area contributed by atoms with Crippen LogP contribution in [0.3, 0.4) is 0 Å². The molecule has 0 amide bonds. The van der Waals surface area contributed by atoms with Crippen LogP contribution >= 0.6 is 0 Å². The van der Waals surface area contributed by atoms with Crippen molar-refractivity contribution in [3.63, 3.8) is 0 Å². The van der Waals surface area contributed by atoms with Crippen LogP contribution in [0.25, 0.3) is 0 Å². The van der Waals surface area contributed by atoms with Crippen molar-refractivity contribution in [3.05, 3.63) is 41.5 Å². The number of hydrogen-bond acceptors (Lipinski definition) is 8. The first-order valence-corrected chi connectivity index (χ1v) is 11.6. The van der Waals surface area contributed by atoms with E-state index in [0.717, 1.165) is 47.9 Å². The average molecular weight is 469 g/mol. The van der Waals surface area contributed by atoms with Gasteiger partial charge in [0.1, 0.15) is 24.9 Å². The molecule has 8 nitrogen and oxygen atoms in total. The van der Waals surface area contributed by atoms with Gasteiger partial charge < -0.3 is 28.6 Å². The molecule has 0 N–H and O–H groups in total. The second-order valence-electron chi connectivity index (χ2n) is 8.22. The number of hydrogen-bond donors (Lipinski definition) is 0. The molecule has 0 saturated carbocycles. The van der Waals surface area contributed by atoms with Crippen molar-refractivity contribution < 1.29 is 28.5 Å². The van der Waals surface area contributed by atoms with E-state index < -0.39 is 5.92 Å². The second kappa shape index (κ2) is 10.3. The molecule has 8 heteroatoms. The van der Waals surface area contributed by atoms with Crippen LogP contribution in [-0.2, 0) is 9.53 Å². The molecule has 182 valence electrons. The standard InChI is InChI=1S/C26H32N2O6/c1-6-28(7-2)10-11-33-17-8-9-18-19(14-17)27-20-15-34-26(29)24(20)23(18)16-12-21(30-3)25(32-5)22(13-16)31-4/h8-9,12-14,23-24H,6-7,10-11,15H2,1-5H3. The fraction of sp³-hybridized carbons (Fsp3) is 0.462. The summed E-state index contributed by atoms with van der Waals surface area (Å²) in [6, 6.07) is 9.64. The molecule has 2 aromatic carbocycles. The largest absolute Gasteiger partial charge is 0.493 e. The van der Waals surface area contributed by atoms with Gasteiger partial charge in [-0.2, -0.15) is 0 Å². The maximum atomic E-state index is 12.7. The van der Waals surface area contributed by atoms with Gasteiger partial charge in [-0.05, 0) is 42.4 Å². The molecule has 2 heterocycles. The van der Waals surface area contributed by atoms with Gasteiger partial charge in [-0.25, -0.2) is 0 Å². The van der Waals surface area contributed by atoms with Crippen molar-refractivity contribution in [3.8, 4) is 23.0 Å². The summed E-state index contributed by atoms with van der Waals surface area (Å²) < 4.78 is 28.0. The van der Waals surface area contributed by atoms with E-state index in [4.69, 9.17) is 28.7 Å². The number of aliphatic imine (C=N–C) groups is 1. The number of carbonyl (C=O) groups is 1. The van der Waals surface area contributed by atoms with Gasteiger partial charge in [0, 0.05) is 18.5 Å². The number of carbonyl (C=O) groups excluding carboxylic acids is 1. The topological polar surface area (TPSA) is 78.8 Å². The second-order valence-corrected chi connectivity index (χ2v) is 8.22. The molecule has 34 heavy (non-hydrogen) atoms. The van der Waals surface area contributed by atoms with Crippen LogP contribution in [-0.4, -0.2) is 70.8 Å². The molecule has 1 fully saturated rings. The summed E-state index contributed by atoms with van der Waals surface area (Å²) in [5.41, 5.74) is 3.29. The van der Waals surface area contributed by atoms with Gasteiger partial charge in [0.25, 0.3) is 0 Å². The highest BCUT2D eigenvalue weighted by Gasteiger charge is 2.45. The van der Waals surface area contributed by atoms with Gasteiger partial charge in [0.2, 0.25) is 5.75 Å². The highest BCUT2D eigenvalue weighted by Crippen LogP contribution is 2.49. The zero-order chi connectivity index (χ0) is 24.2. The minimum absolute atomic E-state index is 0.191. The van der Waals surface area contributed by atoms with Crippen molar-refractivity contribution in [1.82, 2.24) is 4.90 Å². The van der Waals surface area contributed by atoms with E-state index in [2.05, 4.69) is 18.7 Å². The maximum Gasteiger partial charge on any atom is 0.316 e. The highest BCUT2D eigenvalue weighted by atomic mass is 16.5. The Morgan fingerprint density at radius 3 is 2.32 bits per heavy atom. The highest BCUT2D eigenvalue weighted by molar-refractivity contribution is 6.11. The van der Waals surface area contributed by atoms with Crippen LogP contribution in [0, 0.1) is 5.92 Å². The number of ether oxygens (including phenoxy) is 5. The van der Waals surface area contributed by atoms with Crippen LogP contribution in [0.1, 0.15) is 30.9 Å². The van der Waals surface area contributed by atoms with Gasteiger partial charge in [-0.15, -0.1) is 0 Å². The lowest BCUT2D eigenvalue weighted by Gasteiger charge is -2.29. The van der Waals surface area contributed by atoms with Gasteiger partial charge in [0.15, 0.2) is 11.5 Å². The van der Waals surface area contributed by atoms with Gasteiger partial charge >= 0.3 is 5.97 Å². The molecule has 0 aromatic heterocycles. The van der Waals surface area contributed by atoms with Gasteiger partial charge in [-0.1, -0.05) is 19.9 Å². The normalized spacial score (nSPS) is 18.6. The van der Waals surface area contributed by atoms with Crippen molar-refractivity contribution in [2.24, 2.45) is 10.9 Å². The third-order valence-electron chi connectivity index (χ3n) is 6.53. The lowest BCUT2D eigenvalue weighted by atomic mass is 9.76. The summed E-state index contributed by atoms with van der Waals surface area (Å²) in [5, 5.41) is 0. The zero-order valence-corrected chi connectivity index (χ0v) is 20.4. The molecule has 2 aromatic rings. The molecule has 2 aliphatic rings. The minimum Gasteiger partial charge on any atom is -0.493 e. The number of fused-ring (bicyclic) bond motifs is 2. The van der Waals surface area contributed by atoms with Crippen LogP contribution in [0.2, 0.25) is 0 Å². The smallest absolute Gasteiger partial charge is 0.316 e. The monoisotopic (exact) mass is 468 g/mol. The van der Waals surface area contributed by atoms with Crippen molar-refractivity contribution in [2.75, 3.05) is 54.2 Å². The molecule has 2 unspecified atom stereocenters. The summed E-state index contributed by atoms with van der Waals surface area (Å²) in [7, 11) is 4.72. The predicted molar refractivity (Wildman–Crippen MR) is 129 cm³/mol. The number of nitrogens with zero attached hydrogens (tertiary/aromatic N) is 2. The summed E-state index contributed by atoms with van der Waals surface area (Å²) >= 11 is 0. The third kappa shape index (κ3) is 4.42. The molecule has 2 aliphatic heterocycles. The van der Waals surface area contributed by atoms with Crippen LogP contribution in [0.15, 0.2) is 35.3 Å². The Balaban J connectivity index is 1.72. The number of methoxy groups -OCH3 is 3. The van der Waals surface area contributed by atoms with Crippen LogP contribution < -0.4 is 18.9 Å². The Kier molecular flexibility index (Phi) is 7.26. The van der Waals surface area contributed by atoms with E-state index in [-0.39, 0.29) is 18.5 Å². The predicted octanol–water partition coefficient (Wildman–Crippen LogP) is 3.82. The number of rotatable bonds is 10. The first-order chi connectivity index (χ1) is 16.5. The third-order valence-corrected chi connectivity index (χ3v) is 6.53. The van der Waals surface area contributed by atoms with Crippen molar-refractivity contribution in [2.45, 2.75) is 19.8 Å². The Hall–Kier alpha value is -3.26. The Morgan fingerprint density at radius 2 is 1.71 bits per heavy atom. The van der Waals surface area contributed by atoms with Crippen LogP contribution in [0.4, 0.5) is 5.69 Å². The molecule has 0 aliphatic carbocycles. The fourth-order valence-electron chi connectivity index (χ4n) is 4.68. The number of likely N-dealkylation sites (N-methyl/N-ethyl adjacent to an activating group) is 1.